The number of anilines is 2. The first-order chi connectivity index (χ1) is 9.86. The Morgan fingerprint density at radius 2 is 1.76 bits per heavy atom. The van der Waals surface area contributed by atoms with Crippen molar-refractivity contribution in [3.05, 3.63) is 58.7 Å². The van der Waals surface area contributed by atoms with Crippen LogP contribution in [0.4, 0.5) is 20.2 Å². The van der Waals surface area contributed by atoms with Crippen molar-refractivity contribution in [1.29, 1.82) is 0 Å². The Morgan fingerprint density at radius 3 is 2.43 bits per heavy atom. The molecule has 110 valence electrons. The maximum Gasteiger partial charge on any atom is 0.228 e. The van der Waals surface area contributed by atoms with Gasteiger partial charge in [-0.25, -0.2) is 8.78 Å². The summed E-state index contributed by atoms with van der Waals surface area (Å²) in [7, 11) is 0. The Bertz CT molecular complexity index is 699. The molecular weight excluding hydrogens is 274 g/mol. The molecule has 0 bridgehead atoms. The van der Waals surface area contributed by atoms with Crippen LogP contribution in [0.3, 0.4) is 0 Å². The van der Waals surface area contributed by atoms with Crippen LogP contribution in [0.5, 0.6) is 0 Å². The second kappa shape index (κ2) is 5.91. The van der Waals surface area contributed by atoms with Crippen LogP contribution in [0.2, 0.25) is 0 Å². The van der Waals surface area contributed by atoms with Gasteiger partial charge >= 0.3 is 0 Å². The van der Waals surface area contributed by atoms with Crippen LogP contribution in [0, 0.1) is 25.5 Å². The van der Waals surface area contributed by atoms with Gasteiger partial charge < -0.3 is 11.1 Å². The number of amides is 1. The summed E-state index contributed by atoms with van der Waals surface area (Å²) >= 11 is 0. The fraction of sp³-hybridized carbons (Fsp3) is 0.188. The van der Waals surface area contributed by atoms with Crippen molar-refractivity contribution in [2.75, 3.05) is 11.1 Å². The van der Waals surface area contributed by atoms with Gasteiger partial charge in [-0.2, -0.15) is 0 Å². The van der Waals surface area contributed by atoms with Gasteiger partial charge in [0.05, 0.1) is 17.8 Å². The summed E-state index contributed by atoms with van der Waals surface area (Å²) in [5.41, 5.74) is 9.28. The lowest BCUT2D eigenvalue weighted by Gasteiger charge is -2.11. The zero-order valence-corrected chi connectivity index (χ0v) is 11.8. The molecule has 3 nitrogen and oxygen atoms in total. The number of rotatable bonds is 3. The fourth-order valence-electron chi connectivity index (χ4n) is 1.98. The third kappa shape index (κ3) is 3.56. The molecule has 0 saturated carbocycles. The molecule has 0 heterocycles. The predicted molar refractivity (Wildman–Crippen MR) is 79.0 cm³/mol. The van der Waals surface area contributed by atoms with Crippen LogP contribution in [0.15, 0.2) is 30.3 Å². The summed E-state index contributed by atoms with van der Waals surface area (Å²) in [6, 6.07) is 6.96. The fourth-order valence-corrected chi connectivity index (χ4v) is 1.98. The number of aryl methyl sites for hydroxylation is 2. The molecule has 0 unspecified atom stereocenters. The van der Waals surface area contributed by atoms with Gasteiger partial charge in [0, 0.05) is 0 Å². The van der Waals surface area contributed by atoms with E-state index in [-0.39, 0.29) is 12.3 Å². The van der Waals surface area contributed by atoms with Crippen LogP contribution < -0.4 is 11.1 Å². The molecule has 0 saturated heterocycles. The number of nitrogen functional groups attached to an aromatic ring is 1. The smallest absolute Gasteiger partial charge is 0.228 e. The summed E-state index contributed by atoms with van der Waals surface area (Å²) in [6.07, 6.45) is -0.0520. The maximum absolute atomic E-state index is 13.1. The zero-order valence-electron chi connectivity index (χ0n) is 11.8. The van der Waals surface area contributed by atoms with Gasteiger partial charge in [-0.15, -0.1) is 0 Å². The molecule has 0 aliphatic rings. The van der Waals surface area contributed by atoms with E-state index < -0.39 is 11.6 Å². The maximum atomic E-state index is 13.1. The Kier molecular flexibility index (Phi) is 4.21. The van der Waals surface area contributed by atoms with Crippen LogP contribution in [0.1, 0.15) is 16.7 Å². The Labute approximate surface area is 121 Å². The lowest BCUT2D eigenvalue weighted by Crippen LogP contribution is -2.16. The van der Waals surface area contributed by atoms with E-state index in [4.69, 9.17) is 5.73 Å². The molecule has 0 fully saturated rings. The minimum Gasteiger partial charge on any atom is -0.397 e. The standard InChI is InChI=1S/C16H16F2N2O/c1-9-5-14(19)15(6-10(9)2)20-16(21)8-11-3-4-12(17)13(18)7-11/h3-7H,8,19H2,1-2H3,(H,20,21). The van der Waals surface area contributed by atoms with Crippen molar-refractivity contribution >= 4 is 17.3 Å². The van der Waals surface area contributed by atoms with Gasteiger partial charge in [0.1, 0.15) is 0 Å². The van der Waals surface area contributed by atoms with E-state index >= 15 is 0 Å². The van der Waals surface area contributed by atoms with Crippen molar-refractivity contribution in [1.82, 2.24) is 0 Å². The second-order valence-corrected chi connectivity index (χ2v) is 5.00. The molecule has 0 aliphatic carbocycles. The summed E-state index contributed by atoms with van der Waals surface area (Å²) in [4.78, 5) is 11.9. The molecule has 0 spiro atoms. The van der Waals surface area contributed by atoms with E-state index in [0.717, 1.165) is 23.3 Å². The highest BCUT2D eigenvalue weighted by Crippen LogP contribution is 2.23. The molecule has 0 aliphatic heterocycles. The highest BCUT2D eigenvalue weighted by Gasteiger charge is 2.10. The number of benzene rings is 2. The average Bonchev–Trinajstić information content (AvgIpc) is 2.40. The Morgan fingerprint density at radius 1 is 1.10 bits per heavy atom. The topological polar surface area (TPSA) is 55.1 Å². The molecule has 0 aromatic heterocycles. The SMILES string of the molecule is Cc1cc(N)c(NC(=O)Cc2ccc(F)c(F)c2)cc1C. The first-order valence-electron chi connectivity index (χ1n) is 6.47. The van der Waals surface area contributed by atoms with Gasteiger partial charge in [0.25, 0.3) is 0 Å². The van der Waals surface area contributed by atoms with Crippen molar-refractivity contribution in [2.24, 2.45) is 0 Å². The number of halogens is 2. The van der Waals surface area contributed by atoms with Crippen LogP contribution in [0.25, 0.3) is 0 Å². The molecule has 0 atom stereocenters. The molecule has 2 rings (SSSR count). The summed E-state index contributed by atoms with van der Waals surface area (Å²) in [6.45, 7) is 3.85. The number of nitrogens with two attached hydrogens (primary N) is 1. The van der Waals surface area contributed by atoms with E-state index in [1.807, 2.05) is 13.8 Å². The molecule has 0 radical (unpaired) electrons. The summed E-state index contributed by atoms with van der Waals surface area (Å²) in [5.74, 6) is -2.24. The van der Waals surface area contributed by atoms with Crippen LogP contribution in [-0.4, -0.2) is 5.91 Å². The van der Waals surface area contributed by atoms with Crippen molar-refractivity contribution in [3.8, 4) is 0 Å². The summed E-state index contributed by atoms with van der Waals surface area (Å²) < 4.78 is 25.9. The largest absolute Gasteiger partial charge is 0.397 e. The van der Waals surface area contributed by atoms with Gasteiger partial charge in [0.2, 0.25) is 5.91 Å². The molecular formula is C16H16F2N2O. The van der Waals surface area contributed by atoms with Gasteiger partial charge in [-0.1, -0.05) is 6.07 Å². The number of hydrogen-bond acceptors (Lipinski definition) is 2. The van der Waals surface area contributed by atoms with E-state index in [1.54, 1.807) is 12.1 Å². The van der Waals surface area contributed by atoms with E-state index in [0.29, 0.717) is 16.9 Å². The predicted octanol–water partition coefficient (Wildman–Crippen LogP) is 3.35. The van der Waals surface area contributed by atoms with Gasteiger partial charge in [-0.3, -0.25) is 4.79 Å². The lowest BCUT2D eigenvalue weighted by atomic mass is 10.1. The highest BCUT2D eigenvalue weighted by molar-refractivity contribution is 5.95. The average molecular weight is 290 g/mol. The number of carbonyl (C=O) groups is 1. The van der Waals surface area contributed by atoms with E-state index in [1.165, 1.54) is 6.07 Å². The minimum atomic E-state index is -0.967. The first kappa shape index (κ1) is 15.0. The van der Waals surface area contributed by atoms with Gasteiger partial charge in [0.15, 0.2) is 11.6 Å². The quantitative estimate of drug-likeness (QED) is 0.852. The number of nitrogens with one attached hydrogen (secondary N) is 1. The van der Waals surface area contributed by atoms with Crippen molar-refractivity contribution in [2.45, 2.75) is 20.3 Å². The third-order valence-corrected chi connectivity index (χ3v) is 3.29. The van der Waals surface area contributed by atoms with E-state index in [9.17, 15) is 13.6 Å². The Balaban J connectivity index is 2.11. The molecule has 2 aromatic carbocycles. The minimum absolute atomic E-state index is 0.0520. The molecule has 1 amide bonds. The van der Waals surface area contributed by atoms with E-state index in [2.05, 4.69) is 5.32 Å². The second-order valence-electron chi connectivity index (χ2n) is 5.00. The molecule has 2 aromatic rings. The van der Waals surface area contributed by atoms with Gasteiger partial charge in [-0.05, 0) is 54.8 Å². The Hall–Kier alpha value is -2.43. The molecule has 3 N–H and O–H groups in total. The van der Waals surface area contributed by atoms with Crippen LogP contribution in [-0.2, 0) is 11.2 Å². The number of hydrogen-bond donors (Lipinski definition) is 2. The summed E-state index contributed by atoms with van der Waals surface area (Å²) in [5, 5.41) is 2.68. The number of carbonyl (C=O) groups excluding carboxylic acids is 1. The van der Waals surface area contributed by atoms with Crippen molar-refractivity contribution in [3.63, 3.8) is 0 Å². The highest BCUT2D eigenvalue weighted by atomic mass is 19.2. The lowest BCUT2D eigenvalue weighted by molar-refractivity contribution is -0.115. The van der Waals surface area contributed by atoms with Crippen LogP contribution >= 0.6 is 0 Å². The molecule has 21 heavy (non-hydrogen) atoms. The zero-order chi connectivity index (χ0) is 15.6. The van der Waals surface area contributed by atoms with Crippen molar-refractivity contribution < 1.29 is 13.6 Å². The third-order valence-electron chi connectivity index (χ3n) is 3.29. The normalized spacial score (nSPS) is 10.5. The first-order valence-corrected chi connectivity index (χ1v) is 6.47. The monoisotopic (exact) mass is 290 g/mol. The molecule has 5 heteroatoms.